The van der Waals surface area contributed by atoms with Crippen LogP contribution in [-0.4, -0.2) is 20.6 Å². The molecule has 0 fully saturated rings. The quantitative estimate of drug-likeness (QED) is 0.278. The highest BCUT2D eigenvalue weighted by molar-refractivity contribution is 5.93. The van der Waals surface area contributed by atoms with E-state index in [4.69, 9.17) is 5.11 Å². The van der Waals surface area contributed by atoms with Crippen LogP contribution in [0.5, 0.6) is 0 Å². The summed E-state index contributed by atoms with van der Waals surface area (Å²) in [5.74, 6) is -0.780. The Morgan fingerprint density at radius 3 is 2.37 bits per heavy atom. The van der Waals surface area contributed by atoms with Crippen molar-refractivity contribution in [1.29, 1.82) is 0 Å². The van der Waals surface area contributed by atoms with E-state index in [2.05, 4.69) is 76.4 Å². The first-order valence-corrected chi connectivity index (χ1v) is 11.7. The van der Waals surface area contributed by atoms with Crippen molar-refractivity contribution in [3.8, 4) is 5.69 Å². The molecule has 3 aromatic carbocycles. The van der Waals surface area contributed by atoms with Gasteiger partial charge in [-0.15, -0.1) is 0 Å². The highest BCUT2D eigenvalue weighted by atomic mass is 16.4. The van der Waals surface area contributed by atoms with Crippen molar-refractivity contribution in [3.05, 3.63) is 131 Å². The molecule has 5 rings (SSSR count). The first-order valence-electron chi connectivity index (χ1n) is 11.7. The van der Waals surface area contributed by atoms with E-state index >= 15 is 0 Å². The summed E-state index contributed by atoms with van der Waals surface area (Å²) in [5, 5.41) is 10.2. The Labute approximate surface area is 204 Å². The Bertz CT molecular complexity index is 1470. The Morgan fingerprint density at radius 2 is 1.63 bits per heavy atom. The van der Waals surface area contributed by atoms with Crippen molar-refractivity contribution in [2.45, 2.75) is 19.3 Å². The number of aliphatic carboxylic acids is 1. The smallest absolute Gasteiger partial charge is 0.303 e. The third-order valence-electron chi connectivity index (χ3n) is 6.11. The lowest BCUT2D eigenvalue weighted by atomic mass is 10.0. The molecule has 0 atom stereocenters. The highest BCUT2D eigenvalue weighted by Gasteiger charge is 2.11. The Balaban J connectivity index is 1.50. The van der Waals surface area contributed by atoms with Gasteiger partial charge >= 0.3 is 5.97 Å². The standard InChI is InChI=1S/C31H26N2O2/c34-31(35)18-13-25-12-17-30-29(21-25)26(14-9-23-6-2-1-3-7-23)22-33(30)28-15-10-24(11-16-28)20-27-8-4-5-19-32-27/h1-12,14-17,19,21-22H,13,18,20H2,(H,34,35). The molecule has 0 aliphatic carbocycles. The number of nitrogens with zero attached hydrogens (tertiary/aromatic N) is 2. The number of hydrogen-bond donors (Lipinski definition) is 1. The molecule has 2 aromatic heterocycles. The summed E-state index contributed by atoms with van der Waals surface area (Å²) in [6.07, 6.45) is 9.65. The van der Waals surface area contributed by atoms with Gasteiger partial charge in [0, 0.05) is 47.6 Å². The van der Waals surface area contributed by atoms with Crippen LogP contribution in [0.2, 0.25) is 0 Å². The molecule has 0 unspecified atom stereocenters. The zero-order chi connectivity index (χ0) is 24.0. The van der Waals surface area contributed by atoms with E-state index in [0.717, 1.165) is 45.4 Å². The number of carbonyl (C=O) groups is 1. The van der Waals surface area contributed by atoms with Gasteiger partial charge in [-0.25, -0.2) is 0 Å². The summed E-state index contributed by atoms with van der Waals surface area (Å²) in [6, 6.07) is 31.0. The fraction of sp³-hybridized carbons (Fsp3) is 0.0968. The molecule has 0 amide bonds. The van der Waals surface area contributed by atoms with Crippen LogP contribution in [0.4, 0.5) is 0 Å². The van der Waals surface area contributed by atoms with E-state index in [1.807, 2.05) is 48.7 Å². The number of rotatable bonds is 8. The van der Waals surface area contributed by atoms with Gasteiger partial charge in [0.2, 0.25) is 0 Å². The minimum Gasteiger partial charge on any atom is -0.481 e. The highest BCUT2D eigenvalue weighted by Crippen LogP contribution is 2.28. The number of carboxylic acid groups (broad SMARTS) is 1. The maximum absolute atomic E-state index is 11.1. The molecule has 4 nitrogen and oxygen atoms in total. The molecule has 0 aliphatic heterocycles. The van der Waals surface area contributed by atoms with E-state index in [1.165, 1.54) is 5.56 Å². The second-order valence-electron chi connectivity index (χ2n) is 8.61. The van der Waals surface area contributed by atoms with E-state index in [0.29, 0.717) is 6.42 Å². The molecule has 1 N–H and O–H groups in total. The van der Waals surface area contributed by atoms with Gasteiger partial charge in [-0.1, -0.05) is 66.7 Å². The summed E-state index contributed by atoms with van der Waals surface area (Å²) < 4.78 is 2.20. The molecule has 0 saturated carbocycles. The average molecular weight is 459 g/mol. The Kier molecular flexibility index (Phi) is 6.53. The van der Waals surface area contributed by atoms with Crippen LogP contribution in [0.15, 0.2) is 103 Å². The van der Waals surface area contributed by atoms with Gasteiger partial charge in [-0.05, 0) is 59.5 Å². The monoisotopic (exact) mass is 458 g/mol. The maximum atomic E-state index is 11.1. The van der Waals surface area contributed by atoms with E-state index in [-0.39, 0.29) is 6.42 Å². The zero-order valence-electron chi connectivity index (χ0n) is 19.3. The number of benzene rings is 3. The molecule has 0 aliphatic rings. The van der Waals surface area contributed by atoms with Crippen LogP contribution in [0.25, 0.3) is 28.7 Å². The van der Waals surface area contributed by atoms with Gasteiger partial charge in [-0.3, -0.25) is 9.78 Å². The predicted molar refractivity (Wildman–Crippen MR) is 142 cm³/mol. The molecule has 35 heavy (non-hydrogen) atoms. The molecule has 0 saturated heterocycles. The third-order valence-corrected chi connectivity index (χ3v) is 6.11. The van der Waals surface area contributed by atoms with Crippen LogP contribution >= 0.6 is 0 Å². The molecular weight excluding hydrogens is 432 g/mol. The molecule has 4 heteroatoms. The minimum absolute atomic E-state index is 0.124. The molecule has 0 bridgehead atoms. The van der Waals surface area contributed by atoms with E-state index in [9.17, 15) is 4.79 Å². The van der Waals surface area contributed by atoms with E-state index in [1.54, 1.807) is 0 Å². The first-order chi connectivity index (χ1) is 17.2. The lowest BCUT2D eigenvalue weighted by molar-refractivity contribution is -0.136. The van der Waals surface area contributed by atoms with Gasteiger partial charge in [-0.2, -0.15) is 0 Å². The van der Waals surface area contributed by atoms with Crippen molar-refractivity contribution in [2.24, 2.45) is 0 Å². The van der Waals surface area contributed by atoms with Gasteiger partial charge in [0.15, 0.2) is 0 Å². The normalized spacial score (nSPS) is 11.3. The first kappa shape index (κ1) is 22.4. The van der Waals surface area contributed by atoms with Gasteiger partial charge in [0.1, 0.15) is 0 Å². The molecule has 5 aromatic rings. The third kappa shape index (κ3) is 5.39. The minimum atomic E-state index is -0.780. The summed E-state index contributed by atoms with van der Waals surface area (Å²) in [5.41, 5.74) is 7.69. The lowest BCUT2D eigenvalue weighted by Gasteiger charge is -2.08. The van der Waals surface area contributed by atoms with Crippen LogP contribution in [0, 0.1) is 0 Å². The molecule has 0 spiro atoms. The van der Waals surface area contributed by atoms with Crippen molar-refractivity contribution < 1.29 is 9.90 Å². The molecule has 172 valence electrons. The fourth-order valence-electron chi connectivity index (χ4n) is 4.29. The number of aryl methyl sites for hydroxylation is 1. The summed E-state index contributed by atoms with van der Waals surface area (Å²) in [4.78, 5) is 15.5. The number of pyridine rings is 1. The van der Waals surface area contributed by atoms with Crippen LogP contribution in [-0.2, 0) is 17.6 Å². The van der Waals surface area contributed by atoms with Crippen LogP contribution < -0.4 is 0 Å². The van der Waals surface area contributed by atoms with Gasteiger partial charge in [0.05, 0.1) is 5.52 Å². The number of hydrogen-bond acceptors (Lipinski definition) is 2. The molecule has 2 heterocycles. The van der Waals surface area contributed by atoms with Crippen LogP contribution in [0.3, 0.4) is 0 Å². The molecular formula is C31H26N2O2. The Morgan fingerprint density at radius 1 is 0.857 bits per heavy atom. The second-order valence-corrected chi connectivity index (χ2v) is 8.61. The largest absolute Gasteiger partial charge is 0.481 e. The van der Waals surface area contributed by atoms with Crippen molar-refractivity contribution in [2.75, 3.05) is 0 Å². The number of aromatic nitrogens is 2. The SMILES string of the molecule is O=C(O)CCc1ccc2c(c1)c(C=Cc1ccccc1)cn2-c1ccc(Cc2ccccn2)cc1. The summed E-state index contributed by atoms with van der Waals surface area (Å²) in [6.45, 7) is 0. The second kappa shape index (κ2) is 10.2. The predicted octanol–water partition coefficient (Wildman–Crippen LogP) is 6.80. The average Bonchev–Trinajstić information content (AvgIpc) is 3.26. The van der Waals surface area contributed by atoms with Crippen molar-refractivity contribution in [1.82, 2.24) is 9.55 Å². The maximum Gasteiger partial charge on any atom is 0.303 e. The molecule has 0 radical (unpaired) electrons. The van der Waals surface area contributed by atoms with Crippen LogP contribution in [0.1, 0.15) is 34.4 Å². The van der Waals surface area contributed by atoms with E-state index < -0.39 is 5.97 Å². The fourth-order valence-corrected chi connectivity index (χ4v) is 4.29. The lowest BCUT2D eigenvalue weighted by Crippen LogP contribution is -1.97. The topological polar surface area (TPSA) is 55.1 Å². The summed E-state index contributed by atoms with van der Waals surface area (Å²) in [7, 11) is 0. The summed E-state index contributed by atoms with van der Waals surface area (Å²) >= 11 is 0. The zero-order valence-corrected chi connectivity index (χ0v) is 19.3. The number of carboxylic acids is 1. The van der Waals surface area contributed by atoms with Crippen molar-refractivity contribution >= 4 is 29.0 Å². The Hall–Kier alpha value is -4.44. The van der Waals surface area contributed by atoms with Gasteiger partial charge in [0.25, 0.3) is 0 Å². The van der Waals surface area contributed by atoms with Crippen molar-refractivity contribution in [3.63, 3.8) is 0 Å². The number of fused-ring (bicyclic) bond motifs is 1. The van der Waals surface area contributed by atoms with Gasteiger partial charge < -0.3 is 9.67 Å².